The number of carbonyl (C=O) groups is 18. The first kappa shape index (κ1) is 103. The number of rotatable bonds is 22. The second kappa shape index (κ2) is 50.0. The zero-order valence-electron chi connectivity index (χ0n) is 71.0. The number of primary amides is 2. The maximum atomic E-state index is 15.4. The fourth-order valence-electron chi connectivity index (χ4n) is 13.4. The van der Waals surface area contributed by atoms with Crippen LogP contribution in [0.3, 0.4) is 0 Å². The lowest BCUT2D eigenvalue weighted by molar-refractivity contribution is -0.142. The van der Waals surface area contributed by atoms with Crippen LogP contribution in [0.2, 0.25) is 0 Å². The van der Waals surface area contributed by atoms with Gasteiger partial charge in [-0.15, -0.1) is 0 Å². The summed E-state index contributed by atoms with van der Waals surface area (Å²) >= 11 is 3.30. The Bertz CT molecular complexity index is 4580. The van der Waals surface area contributed by atoms with Gasteiger partial charge in [-0.05, 0) is 96.9 Å². The maximum Gasteiger partial charge on any atom is 0.305 e. The van der Waals surface area contributed by atoms with E-state index in [-0.39, 0.29) is 53.8 Å². The number of carboxylic acid groups (broad SMARTS) is 4. The first-order valence-electron chi connectivity index (χ1n) is 40.7. The molecule has 688 valence electrons. The van der Waals surface area contributed by atoms with Crippen LogP contribution in [0.5, 0.6) is 0 Å². The number of nitrogens with one attached hydrogen (secondary N) is 14. The summed E-state index contributed by atoms with van der Waals surface area (Å²) in [7, 11) is 0. The van der Waals surface area contributed by atoms with Gasteiger partial charge in [0, 0.05) is 72.8 Å². The van der Waals surface area contributed by atoms with Crippen molar-refractivity contribution in [2.45, 2.75) is 234 Å². The molecule has 0 aromatic heterocycles. The van der Waals surface area contributed by atoms with E-state index >= 15 is 9.59 Å². The molecule has 6 rings (SSSR count). The third kappa shape index (κ3) is 34.8. The van der Waals surface area contributed by atoms with Gasteiger partial charge in [0.15, 0.2) is 0 Å². The number of carboxylic acids is 4. The van der Waals surface area contributed by atoms with Crippen LogP contribution in [0.15, 0.2) is 91.0 Å². The highest BCUT2D eigenvalue weighted by Crippen LogP contribution is 2.27. The first-order valence-corrected chi connectivity index (χ1v) is 44.2. The number of amides is 14. The molecule has 0 saturated heterocycles. The minimum Gasteiger partial charge on any atom is -0.481 e. The molecule has 14 amide bonds. The average Bonchev–Trinajstić information content (AvgIpc) is 0.824. The summed E-state index contributed by atoms with van der Waals surface area (Å²) in [6.45, 7) is 11.3. The number of aliphatic hydroxyl groups excluding tert-OH is 1. The lowest BCUT2D eigenvalue weighted by Crippen LogP contribution is -2.62. The van der Waals surface area contributed by atoms with Crippen molar-refractivity contribution in [3.63, 3.8) is 0 Å². The van der Waals surface area contributed by atoms with Crippen LogP contribution in [0.4, 0.5) is 0 Å². The Labute approximate surface area is 739 Å². The van der Waals surface area contributed by atoms with E-state index in [2.05, 4.69) is 74.4 Å². The number of carbonyl (C=O) groups excluding carboxylic acids is 14. The van der Waals surface area contributed by atoms with E-state index < -0.39 is 266 Å². The van der Waals surface area contributed by atoms with Crippen molar-refractivity contribution in [1.82, 2.24) is 74.4 Å². The standard InChI is InChI=1S/C83H115N17O23S3/c1-41(44(4)101)25-52-34-87-56(32-67(107)108)75(116)100-69(83(6,7)8)82(123)98-61(70(86)111)38-124-35-47-26-48-28-49(27-47)37-126-40-63(99-71(112)42(2)84)80(121)88-43(3)72(113)94-59(31-64(85)102)78(119)92-54(21-23-65(103)104)73(114)96-58(30-51-19-14-18-50-17-12-13-20-53(50)51)76(117)90-45(5)89-62(39-125-36-48)81(122)93-55(22-24-66(105)106)74(115)97-60(33-68(109)110)79(120)95-57(77(118)91-52)29-46-15-10-9-11-16-46/h9-20,26-28,41-45,52,54-63,69,87,89,101H,21-25,29-40,84H2,1-8H3,(H2,85,102)(H2,86,111)(H,88,121)(H,90,117)(H,91,118)(H,92,119)(H,93,122)(H,94,113)(H,95,120)(H,96,114)(H,97,115)(H,98,123)(H,99,112)(H,100,116)(H,103,104)(H,105,106)(H,107,108)(H,109,110)/t41?,42-,43+,44-,45+,52-,54-,55-,56-,57-,58-,59-,60-,61-,62+,63-,69+/m0/s1. The lowest BCUT2D eigenvalue weighted by atomic mass is 9.85. The highest BCUT2D eigenvalue weighted by molar-refractivity contribution is 7.99. The zero-order chi connectivity index (χ0) is 93.4. The van der Waals surface area contributed by atoms with Crippen LogP contribution >= 0.6 is 35.3 Å². The molecular formula is C83H115N17O23S3. The molecular weight excluding hydrogens is 1700 g/mol. The summed E-state index contributed by atoms with van der Waals surface area (Å²) in [5.74, 6) is -22.3. The van der Waals surface area contributed by atoms with Gasteiger partial charge in [0.1, 0.15) is 60.4 Å². The molecule has 2 heterocycles. The molecule has 4 aromatic rings. The molecule has 126 heavy (non-hydrogen) atoms. The summed E-state index contributed by atoms with van der Waals surface area (Å²) in [6.07, 6.45) is -9.17. The van der Waals surface area contributed by atoms with E-state index in [1.807, 2.05) is 0 Å². The number of fused-ring (bicyclic) bond motifs is 6. The molecule has 2 aliphatic rings. The smallest absolute Gasteiger partial charge is 0.305 e. The van der Waals surface area contributed by atoms with Gasteiger partial charge in [-0.25, -0.2) is 0 Å². The minimum atomic E-state index is -2.11. The van der Waals surface area contributed by atoms with Crippen LogP contribution in [0.25, 0.3) is 10.8 Å². The van der Waals surface area contributed by atoms with E-state index in [0.29, 0.717) is 38.6 Å². The summed E-state index contributed by atoms with van der Waals surface area (Å²) < 4.78 is 0. The van der Waals surface area contributed by atoms with Gasteiger partial charge in [-0.3, -0.25) is 91.6 Å². The third-order valence-electron chi connectivity index (χ3n) is 20.4. The predicted octanol–water partition coefficient (Wildman–Crippen LogP) is -2.38. The van der Waals surface area contributed by atoms with Gasteiger partial charge in [0.05, 0.1) is 49.7 Å². The van der Waals surface area contributed by atoms with Crippen LogP contribution in [-0.4, -0.2) is 253 Å². The van der Waals surface area contributed by atoms with Crippen LogP contribution < -0.4 is 91.6 Å². The molecule has 0 spiro atoms. The van der Waals surface area contributed by atoms with Crippen molar-refractivity contribution in [2.24, 2.45) is 28.5 Å². The van der Waals surface area contributed by atoms with E-state index in [0.717, 1.165) is 35.3 Å². The van der Waals surface area contributed by atoms with Gasteiger partial charge < -0.3 is 112 Å². The molecule has 43 heteroatoms. The molecule has 1 unspecified atom stereocenters. The summed E-state index contributed by atoms with van der Waals surface area (Å²) in [5.41, 5.74) is 18.9. The Morgan fingerprint density at radius 3 is 1.52 bits per heavy atom. The molecule has 0 radical (unpaired) electrons. The van der Waals surface area contributed by atoms with Gasteiger partial charge in [0.2, 0.25) is 82.7 Å². The fraction of sp³-hybridized carbons (Fsp3) is 0.518. The number of hydrogen-bond acceptors (Lipinski definition) is 25. The molecule has 0 saturated carbocycles. The van der Waals surface area contributed by atoms with Crippen molar-refractivity contribution < 1.29 is 112 Å². The Kier molecular flexibility index (Phi) is 41.0. The highest BCUT2D eigenvalue weighted by Gasteiger charge is 2.41. The summed E-state index contributed by atoms with van der Waals surface area (Å²) in [4.78, 5) is 252. The van der Waals surface area contributed by atoms with E-state index in [1.165, 1.54) is 27.7 Å². The number of thioether (sulfide) groups is 3. The van der Waals surface area contributed by atoms with Crippen molar-refractivity contribution in [3.8, 4) is 0 Å². The SMILES string of the molecule is CC(C[C@H]1CN[C@@H](CC(=O)O)C(=O)N[C@@H](C(C)(C)C)C(=O)N[C@H](C(N)=O)CSCc2cc3cc(c2)CSC[C@@H](N[C@@H](C)NC(=O)[C@H](Cc2cccc4ccccc24)NC(=O)[C@H](CCC(=O)O)NC(=O)[C@H](CC(N)=O)NC(=O)[C@@H](C)NC(=O)[C@@H](NC(=O)[C@H](C)N)CSC3)C(=O)N[C@@H](CCC(=O)O)C(=O)N[C@@H](CC(=O)O)C(=O)N[C@@H](Cc2ccccc2)C(=O)N1)[C@H](C)O. The zero-order valence-corrected chi connectivity index (χ0v) is 73.5. The largest absolute Gasteiger partial charge is 0.481 e. The minimum absolute atomic E-state index is 0.000609. The van der Waals surface area contributed by atoms with Crippen LogP contribution in [0, 0.1) is 11.3 Å². The second-order valence-electron chi connectivity index (χ2n) is 32.3. The predicted molar refractivity (Wildman–Crippen MR) is 466 cm³/mol. The number of nitrogens with two attached hydrogens (primary N) is 3. The summed E-state index contributed by atoms with van der Waals surface area (Å²) in [6, 6.07) is 2.78. The Hall–Kier alpha value is -11.5. The Morgan fingerprint density at radius 2 is 0.968 bits per heavy atom. The number of aliphatic hydroxyl groups is 1. The second-order valence-corrected chi connectivity index (χ2v) is 35.3. The lowest BCUT2D eigenvalue weighted by Gasteiger charge is -2.33. The van der Waals surface area contributed by atoms with Crippen molar-refractivity contribution in [3.05, 3.63) is 119 Å². The van der Waals surface area contributed by atoms with E-state index in [1.54, 1.807) is 119 Å². The quantitative estimate of drug-likeness (QED) is 0.0391. The molecule has 0 fully saturated rings. The van der Waals surface area contributed by atoms with Crippen molar-refractivity contribution in [2.75, 3.05) is 23.8 Å². The molecule has 17 atom stereocenters. The topological polar surface area (TPSA) is 655 Å². The Balaban J connectivity index is 1.56. The van der Waals surface area contributed by atoms with Crippen LogP contribution in [0.1, 0.15) is 135 Å². The number of hydrogen-bond donors (Lipinski definition) is 22. The molecule has 0 aliphatic carbocycles. The fourth-order valence-corrected chi connectivity index (χ4v) is 16.4. The van der Waals surface area contributed by atoms with E-state index in [9.17, 15) is 102 Å². The molecule has 4 aromatic carbocycles. The third-order valence-corrected chi connectivity index (χ3v) is 23.7. The molecule has 25 N–H and O–H groups in total. The van der Waals surface area contributed by atoms with Gasteiger partial charge in [-0.2, -0.15) is 35.3 Å². The normalized spacial score (nSPS) is 25.1. The van der Waals surface area contributed by atoms with Gasteiger partial charge in [0.25, 0.3) is 0 Å². The molecule has 2 aliphatic heterocycles. The van der Waals surface area contributed by atoms with Crippen molar-refractivity contribution >= 4 is 153 Å². The first-order chi connectivity index (χ1) is 59.3. The molecule has 40 nitrogen and oxygen atoms in total. The Morgan fingerprint density at radius 1 is 0.492 bits per heavy atom. The summed E-state index contributed by atoms with van der Waals surface area (Å²) in [5, 5.41) is 89.2. The highest BCUT2D eigenvalue weighted by atomic mass is 32.2. The maximum absolute atomic E-state index is 15.4. The van der Waals surface area contributed by atoms with Gasteiger partial charge >= 0.3 is 23.9 Å². The van der Waals surface area contributed by atoms with Crippen molar-refractivity contribution in [1.29, 1.82) is 0 Å². The number of aliphatic carboxylic acids is 4. The molecule has 4 bridgehead atoms. The average molecular weight is 1820 g/mol. The number of benzene rings is 4. The van der Waals surface area contributed by atoms with E-state index in [4.69, 9.17) is 17.2 Å². The van der Waals surface area contributed by atoms with Gasteiger partial charge in [-0.1, -0.05) is 119 Å². The van der Waals surface area contributed by atoms with Crippen LogP contribution in [-0.2, 0) is 116 Å². The monoisotopic (exact) mass is 1810 g/mol.